The van der Waals surface area contributed by atoms with E-state index in [0.717, 1.165) is 0 Å². The topological polar surface area (TPSA) is 101 Å². The number of carbonyl (C=O) groups excluding carboxylic acids is 1. The van der Waals surface area contributed by atoms with Crippen LogP contribution in [0.1, 0.15) is 10.4 Å². The molecule has 0 spiro atoms. The van der Waals surface area contributed by atoms with Crippen molar-refractivity contribution in [1.29, 1.82) is 0 Å². The van der Waals surface area contributed by atoms with Crippen molar-refractivity contribution in [2.45, 2.75) is 0 Å². The summed E-state index contributed by atoms with van der Waals surface area (Å²) in [6.45, 7) is 1.38. The fourth-order valence-electron chi connectivity index (χ4n) is 2.27. The number of aromatic nitrogens is 4. The van der Waals surface area contributed by atoms with E-state index in [2.05, 4.69) is 15.5 Å². The molecule has 1 amide bonds. The van der Waals surface area contributed by atoms with Gasteiger partial charge in [-0.1, -0.05) is 0 Å². The Hall–Kier alpha value is -2.07. The molecular weight excluding hydrogens is 296 g/mol. The highest BCUT2D eigenvalue weighted by molar-refractivity contribution is 7.88. The first-order valence-corrected chi connectivity index (χ1v) is 8.22. The molecule has 3 rings (SSSR count). The van der Waals surface area contributed by atoms with E-state index in [0.29, 0.717) is 37.4 Å². The summed E-state index contributed by atoms with van der Waals surface area (Å²) in [7, 11) is -3.20. The van der Waals surface area contributed by atoms with Crippen LogP contribution in [0.5, 0.6) is 0 Å². The average molecular weight is 310 g/mol. The van der Waals surface area contributed by atoms with Crippen LogP contribution in [-0.4, -0.2) is 76.0 Å². The van der Waals surface area contributed by atoms with E-state index in [4.69, 9.17) is 0 Å². The lowest BCUT2D eigenvalue weighted by Gasteiger charge is -2.33. The van der Waals surface area contributed by atoms with Gasteiger partial charge in [0.1, 0.15) is 0 Å². The van der Waals surface area contributed by atoms with Crippen molar-refractivity contribution >= 4 is 21.6 Å². The minimum atomic E-state index is -3.20. The highest BCUT2D eigenvalue weighted by Crippen LogP contribution is 2.11. The lowest BCUT2D eigenvalue weighted by Crippen LogP contribution is -2.50. The molecule has 1 fully saturated rings. The zero-order valence-corrected chi connectivity index (χ0v) is 12.2. The standard InChI is InChI=1S/C11H14N6O3S/c1-21(19,20)16-6-4-15(5-7-16)11(18)9-2-3-10-12-13-14-17(10)8-9/h2-3,8H,4-7H2,1H3. The second kappa shape index (κ2) is 5.04. The minimum Gasteiger partial charge on any atom is -0.336 e. The van der Waals surface area contributed by atoms with Crippen molar-refractivity contribution in [2.24, 2.45) is 0 Å². The molecule has 2 aromatic rings. The molecule has 21 heavy (non-hydrogen) atoms. The number of tetrazole rings is 1. The van der Waals surface area contributed by atoms with Crippen LogP contribution in [0, 0.1) is 0 Å². The summed E-state index contributed by atoms with van der Waals surface area (Å²) in [6, 6.07) is 3.33. The maximum absolute atomic E-state index is 12.4. The Morgan fingerprint density at radius 2 is 1.90 bits per heavy atom. The number of hydrogen-bond donors (Lipinski definition) is 0. The van der Waals surface area contributed by atoms with E-state index in [1.54, 1.807) is 23.2 Å². The quantitative estimate of drug-likeness (QED) is 0.693. The number of amides is 1. The van der Waals surface area contributed by atoms with Crippen LogP contribution in [0.4, 0.5) is 0 Å². The van der Waals surface area contributed by atoms with Crippen LogP contribution < -0.4 is 0 Å². The zero-order valence-electron chi connectivity index (χ0n) is 11.4. The van der Waals surface area contributed by atoms with Crippen LogP contribution in [0.25, 0.3) is 5.65 Å². The van der Waals surface area contributed by atoms with Gasteiger partial charge in [-0.3, -0.25) is 4.79 Å². The molecule has 0 radical (unpaired) electrons. The first-order chi connectivity index (χ1) is 9.95. The third kappa shape index (κ3) is 2.72. The molecule has 112 valence electrons. The number of piperazine rings is 1. The van der Waals surface area contributed by atoms with Gasteiger partial charge in [0.25, 0.3) is 5.91 Å². The fraction of sp³-hybridized carbons (Fsp3) is 0.455. The highest BCUT2D eigenvalue weighted by atomic mass is 32.2. The second-order valence-corrected chi connectivity index (χ2v) is 6.84. The summed E-state index contributed by atoms with van der Waals surface area (Å²) in [6.07, 6.45) is 2.75. The van der Waals surface area contributed by atoms with Crippen molar-refractivity contribution in [3.05, 3.63) is 23.9 Å². The number of pyridine rings is 1. The van der Waals surface area contributed by atoms with Gasteiger partial charge in [0.05, 0.1) is 11.8 Å². The molecule has 0 N–H and O–H groups in total. The Kier molecular flexibility index (Phi) is 3.33. The smallest absolute Gasteiger partial charge is 0.255 e. The van der Waals surface area contributed by atoms with Crippen molar-refractivity contribution in [2.75, 3.05) is 32.4 Å². The van der Waals surface area contributed by atoms with E-state index in [-0.39, 0.29) is 5.91 Å². The Bertz CT molecular complexity index is 778. The maximum atomic E-state index is 12.4. The van der Waals surface area contributed by atoms with Crippen LogP contribution in [0.3, 0.4) is 0 Å². The Morgan fingerprint density at radius 3 is 2.57 bits per heavy atom. The number of carbonyl (C=O) groups is 1. The molecule has 0 atom stereocenters. The zero-order chi connectivity index (χ0) is 15.0. The predicted molar refractivity (Wildman–Crippen MR) is 73.1 cm³/mol. The first kappa shape index (κ1) is 13.9. The summed E-state index contributed by atoms with van der Waals surface area (Å²) in [5, 5.41) is 11.0. The van der Waals surface area contributed by atoms with Gasteiger partial charge >= 0.3 is 0 Å². The summed E-state index contributed by atoms with van der Waals surface area (Å²) < 4.78 is 25.7. The molecule has 1 aliphatic heterocycles. The van der Waals surface area contributed by atoms with Gasteiger partial charge < -0.3 is 4.90 Å². The summed E-state index contributed by atoms with van der Waals surface area (Å²) in [5.74, 6) is -0.152. The molecule has 10 heteroatoms. The summed E-state index contributed by atoms with van der Waals surface area (Å²) in [4.78, 5) is 14.0. The second-order valence-electron chi connectivity index (χ2n) is 4.85. The van der Waals surface area contributed by atoms with E-state index in [9.17, 15) is 13.2 Å². The van der Waals surface area contributed by atoms with Gasteiger partial charge in [0.2, 0.25) is 10.0 Å². The lowest BCUT2D eigenvalue weighted by atomic mass is 10.2. The lowest BCUT2D eigenvalue weighted by molar-refractivity contribution is 0.0697. The first-order valence-electron chi connectivity index (χ1n) is 6.37. The molecule has 0 aromatic carbocycles. The van der Waals surface area contributed by atoms with Crippen molar-refractivity contribution in [3.8, 4) is 0 Å². The molecular formula is C11H14N6O3S. The van der Waals surface area contributed by atoms with Crippen molar-refractivity contribution in [1.82, 2.24) is 29.2 Å². The molecule has 9 nitrogen and oxygen atoms in total. The minimum absolute atomic E-state index is 0.152. The molecule has 0 unspecified atom stereocenters. The molecule has 0 saturated carbocycles. The Balaban J connectivity index is 1.74. The van der Waals surface area contributed by atoms with Gasteiger partial charge in [0, 0.05) is 32.4 Å². The van der Waals surface area contributed by atoms with Gasteiger partial charge in [-0.25, -0.2) is 8.42 Å². The van der Waals surface area contributed by atoms with Crippen LogP contribution in [0.2, 0.25) is 0 Å². The van der Waals surface area contributed by atoms with Crippen LogP contribution >= 0.6 is 0 Å². The highest BCUT2D eigenvalue weighted by Gasteiger charge is 2.26. The average Bonchev–Trinajstić information content (AvgIpc) is 2.93. The third-order valence-corrected chi connectivity index (χ3v) is 4.74. The van der Waals surface area contributed by atoms with Crippen LogP contribution in [-0.2, 0) is 10.0 Å². The van der Waals surface area contributed by atoms with Crippen LogP contribution in [0.15, 0.2) is 18.3 Å². The Morgan fingerprint density at radius 1 is 1.19 bits per heavy atom. The van der Waals surface area contributed by atoms with Gasteiger partial charge in [-0.05, 0) is 22.6 Å². The number of nitrogens with zero attached hydrogens (tertiary/aromatic N) is 6. The number of hydrogen-bond acceptors (Lipinski definition) is 6. The maximum Gasteiger partial charge on any atom is 0.255 e. The fourth-order valence-corrected chi connectivity index (χ4v) is 3.10. The van der Waals surface area contributed by atoms with Crippen molar-refractivity contribution < 1.29 is 13.2 Å². The predicted octanol–water partition coefficient (Wildman–Crippen LogP) is -1.16. The number of sulfonamides is 1. The SMILES string of the molecule is CS(=O)(=O)N1CCN(C(=O)c2ccc3nnnn3c2)CC1. The third-order valence-electron chi connectivity index (χ3n) is 3.43. The molecule has 1 aliphatic rings. The van der Waals surface area contributed by atoms with Gasteiger partial charge in [-0.15, -0.1) is 5.10 Å². The van der Waals surface area contributed by atoms with Gasteiger partial charge in [0.15, 0.2) is 5.65 Å². The van der Waals surface area contributed by atoms with Gasteiger partial charge in [-0.2, -0.15) is 8.82 Å². The summed E-state index contributed by atoms with van der Waals surface area (Å²) in [5.41, 5.74) is 1.04. The monoisotopic (exact) mass is 310 g/mol. The molecule has 2 aromatic heterocycles. The van der Waals surface area contributed by atoms with E-state index >= 15 is 0 Å². The number of fused-ring (bicyclic) bond motifs is 1. The Labute approximate surface area is 121 Å². The van der Waals surface area contributed by atoms with E-state index < -0.39 is 10.0 Å². The van der Waals surface area contributed by atoms with E-state index in [1.165, 1.54) is 15.1 Å². The largest absolute Gasteiger partial charge is 0.336 e. The van der Waals surface area contributed by atoms with Crippen molar-refractivity contribution in [3.63, 3.8) is 0 Å². The molecule has 1 saturated heterocycles. The van der Waals surface area contributed by atoms with E-state index in [1.807, 2.05) is 0 Å². The number of rotatable bonds is 2. The molecule has 3 heterocycles. The normalized spacial score (nSPS) is 17.3. The molecule has 0 bridgehead atoms. The molecule has 0 aliphatic carbocycles. The summed E-state index contributed by atoms with van der Waals surface area (Å²) >= 11 is 0.